The summed E-state index contributed by atoms with van der Waals surface area (Å²) in [7, 11) is 0. The van der Waals surface area contributed by atoms with Crippen LogP contribution in [-0.2, 0) is 0 Å². The van der Waals surface area contributed by atoms with Crippen molar-refractivity contribution < 1.29 is 13.2 Å². The molecule has 0 spiro atoms. The fourth-order valence-corrected chi connectivity index (χ4v) is 1.74. The molecule has 0 saturated carbocycles. The van der Waals surface area contributed by atoms with Crippen molar-refractivity contribution in [3.8, 4) is 0 Å². The van der Waals surface area contributed by atoms with Crippen LogP contribution in [0.4, 0.5) is 18.9 Å². The zero-order valence-corrected chi connectivity index (χ0v) is 9.29. The van der Waals surface area contributed by atoms with Crippen molar-refractivity contribution in [3.63, 3.8) is 0 Å². The Labute approximate surface area is 100 Å². The molecule has 3 nitrogen and oxygen atoms in total. The summed E-state index contributed by atoms with van der Waals surface area (Å²) in [6.07, 6.45) is -4.90. The first-order valence-corrected chi connectivity index (χ1v) is 5.20. The second kappa shape index (κ2) is 3.97. The molecule has 0 aliphatic carbocycles. The summed E-state index contributed by atoms with van der Waals surface area (Å²) in [6.45, 7) is -0.240. The van der Waals surface area contributed by atoms with Gasteiger partial charge in [-0.25, -0.2) is 0 Å². The van der Waals surface area contributed by atoms with Crippen LogP contribution in [0.25, 0.3) is 0 Å². The highest BCUT2D eigenvalue weighted by Gasteiger charge is 2.44. The van der Waals surface area contributed by atoms with E-state index in [-0.39, 0.29) is 18.7 Å². The summed E-state index contributed by atoms with van der Waals surface area (Å²) in [5.41, 5.74) is -0.865. The van der Waals surface area contributed by atoms with Gasteiger partial charge in [0.25, 0.3) is 0 Å². The van der Waals surface area contributed by atoms with E-state index in [0.29, 0.717) is 5.02 Å². The van der Waals surface area contributed by atoms with Gasteiger partial charge in [0.2, 0.25) is 0 Å². The molecule has 1 heterocycles. The fourth-order valence-electron chi connectivity index (χ4n) is 1.61. The van der Waals surface area contributed by atoms with Crippen molar-refractivity contribution in [2.75, 3.05) is 6.54 Å². The van der Waals surface area contributed by atoms with E-state index in [2.05, 4.69) is 5.10 Å². The van der Waals surface area contributed by atoms with Crippen molar-refractivity contribution in [3.05, 3.63) is 34.5 Å². The Morgan fingerprint density at radius 1 is 1.24 bits per heavy atom. The molecule has 1 aliphatic heterocycles. The third-order valence-corrected chi connectivity index (χ3v) is 2.74. The first-order chi connectivity index (χ1) is 7.81. The van der Waals surface area contributed by atoms with Crippen molar-refractivity contribution in [1.82, 2.24) is 4.76 Å². The summed E-state index contributed by atoms with van der Waals surface area (Å²) < 4.78 is 35.8. The van der Waals surface area contributed by atoms with Gasteiger partial charge in [0, 0.05) is 17.2 Å². The largest absolute Gasteiger partial charge is 0.599 e. The summed E-state index contributed by atoms with van der Waals surface area (Å²) >= 11 is 5.64. The van der Waals surface area contributed by atoms with Crippen LogP contribution in [0.5, 0.6) is 0 Å². The monoisotopic (exact) mass is 264 g/mol. The molecular weight excluding hydrogens is 257 g/mol. The maximum atomic E-state index is 12.4. The number of rotatable bonds is 1. The summed E-state index contributed by atoms with van der Waals surface area (Å²) in [4.78, 5) is 0. The lowest BCUT2D eigenvalue weighted by molar-refractivity contribution is -0.0600. The molecule has 92 valence electrons. The zero-order chi connectivity index (χ0) is 12.7. The van der Waals surface area contributed by atoms with Gasteiger partial charge in [0.1, 0.15) is 6.54 Å². The molecule has 0 fully saturated rings. The van der Waals surface area contributed by atoms with Crippen LogP contribution in [0, 0.1) is 5.21 Å². The number of halogens is 4. The maximum Gasteiger partial charge on any atom is 0.434 e. The van der Waals surface area contributed by atoms with E-state index in [1.807, 2.05) is 0 Å². The number of hydroxylamine groups is 1. The minimum atomic E-state index is -4.53. The molecule has 7 heteroatoms. The molecule has 0 amide bonds. The second-order valence-electron chi connectivity index (χ2n) is 3.70. The Bertz CT molecular complexity index is 458. The lowest BCUT2D eigenvalue weighted by atomic mass is 10.2. The van der Waals surface area contributed by atoms with Gasteiger partial charge in [-0.15, -0.1) is 0 Å². The van der Waals surface area contributed by atoms with Gasteiger partial charge in [-0.3, -0.25) is 0 Å². The third kappa shape index (κ3) is 2.43. The summed E-state index contributed by atoms with van der Waals surface area (Å²) in [5, 5.41) is 15.7. The van der Waals surface area contributed by atoms with Crippen molar-refractivity contribution in [2.45, 2.75) is 12.6 Å². The first-order valence-electron chi connectivity index (χ1n) is 4.83. The van der Waals surface area contributed by atoms with Gasteiger partial charge < -0.3 is 5.21 Å². The molecule has 17 heavy (non-hydrogen) atoms. The van der Waals surface area contributed by atoms with E-state index in [4.69, 9.17) is 11.6 Å². The normalized spacial score (nSPS) is 24.9. The molecular formula is C10H8ClF3N2O. The van der Waals surface area contributed by atoms with Crippen LogP contribution >= 0.6 is 11.6 Å². The van der Waals surface area contributed by atoms with Crippen LogP contribution in [0.15, 0.2) is 29.4 Å². The quantitative estimate of drug-likeness (QED) is 0.565. The molecule has 0 radical (unpaired) electrons. The molecule has 0 bridgehead atoms. The van der Waals surface area contributed by atoms with Crippen LogP contribution in [0.2, 0.25) is 5.02 Å². The highest BCUT2D eigenvalue weighted by atomic mass is 35.5. The SMILES string of the molecule is [O-][N+]1(c2ccc(Cl)cc2)CCC(C(F)(F)F)=N1. The average Bonchev–Trinajstić information content (AvgIpc) is 2.62. The molecule has 0 aromatic heterocycles. The van der Waals surface area contributed by atoms with Crippen LogP contribution in [0.1, 0.15) is 6.42 Å². The number of hydrogen-bond acceptors (Lipinski definition) is 2. The molecule has 1 unspecified atom stereocenters. The number of quaternary nitrogens is 1. The molecule has 1 aromatic carbocycles. The standard InChI is InChI=1S/C10H8ClF3N2O/c11-7-1-3-8(4-2-7)16(17)6-5-9(15-16)10(12,13)14/h1-4H,5-6H2. The molecule has 0 saturated heterocycles. The van der Waals surface area contributed by atoms with Crippen molar-refractivity contribution in [2.24, 2.45) is 5.10 Å². The Morgan fingerprint density at radius 3 is 2.29 bits per heavy atom. The predicted octanol–water partition coefficient (Wildman–Crippen LogP) is 3.47. The molecule has 1 aromatic rings. The highest BCUT2D eigenvalue weighted by Crippen LogP contribution is 2.33. The van der Waals surface area contributed by atoms with Crippen LogP contribution in [-0.4, -0.2) is 18.4 Å². The Kier molecular flexibility index (Phi) is 2.89. The third-order valence-electron chi connectivity index (χ3n) is 2.49. The highest BCUT2D eigenvalue weighted by molar-refractivity contribution is 6.30. The Balaban J connectivity index is 2.33. The number of alkyl halides is 3. The van der Waals surface area contributed by atoms with Gasteiger partial charge in [0.05, 0.1) is 6.42 Å². The van der Waals surface area contributed by atoms with E-state index in [1.54, 1.807) is 0 Å². The summed E-state index contributed by atoms with van der Waals surface area (Å²) in [5.74, 6) is 0. The first kappa shape index (κ1) is 12.3. The Morgan fingerprint density at radius 2 is 1.82 bits per heavy atom. The van der Waals surface area contributed by atoms with Crippen molar-refractivity contribution in [1.29, 1.82) is 0 Å². The van der Waals surface area contributed by atoms with Crippen LogP contribution in [0.3, 0.4) is 0 Å². The zero-order valence-electron chi connectivity index (χ0n) is 8.54. The fraction of sp³-hybridized carbons (Fsp3) is 0.300. The van der Waals surface area contributed by atoms with Gasteiger partial charge in [-0.2, -0.15) is 17.9 Å². The molecule has 1 aliphatic rings. The molecule has 1 atom stereocenters. The lowest BCUT2D eigenvalue weighted by Gasteiger charge is -2.31. The average molecular weight is 265 g/mol. The number of nitrogens with zero attached hydrogens (tertiary/aromatic N) is 2. The Hall–Kier alpha value is -1.11. The minimum absolute atomic E-state index is 0.147. The van der Waals surface area contributed by atoms with E-state index >= 15 is 0 Å². The topological polar surface area (TPSA) is 35.4 Å². The number of hydrogen-bond donors (Lipinski definition) is 0. The summed E-state index contributed by atoms with van der Waals surface area (Å²) in [6, 6.07) is 5.68. The second-order valence-corrected chi connectivity index (χ2v) is 4.13. The maximum absolute atomic E-state index is 12.4. The van der Waals surface area contributed by atoms with Crippen LogP contribution < -0.4 is 4.76 Å². The van der Waals surface area contributed by atoms with Gasteiger partial charge in [0.15, 0.2) is 11.4 Å². The minimum Gasteiger partial charge on any atom is -0.599 e. The van der Waals surface area contributed by atoms with E-state index < -0.39 is 16.6 Å². The lowest BCUT2D eigenvalue weighted by Crippen LogP contribution is -2.34. The molecule has 0 N–H and O–H groups in total. The van der Waals surface area contributed by atoms with Gasteiger partial charge >= 0.3 is 6.18 Å². The number of benzene rings is 1. The smallest absolute Gasteiger partial charge is 0.434 e. The van der Waals surface area contributed by atoms with Gasteiger partial charge in [-0.1, -0.05) is 16.7 Å². The van der Waals surface area contributed by atoms with E-state index in [9.17, 15) is 18.4 Å². The molecule has 2 rings (SSSR count). The van der Waals surface area contributed by atoms with Gasteiger partial charge in [-0.05, 0) is 12.1 Å². The van der Waals surface area contributed by atoms with E-state index in [0.717, 1.165) is 0 Å². The predicted molar refractivity (Wildman–Crippen MR) is 59.6 cm³/mol. The van der Waals surface area contributed by atoms with E-state index in [1.165, 1.54) is 24.3 Å². The van der Waals surface area contributed by atoms with Crippen molar-refractivity contribution >= 4 is 23.0 Å².